The summed E-state index contributed by atoms with van der Waals surface area (Å²) in [5, 5.41) is 2.00. The van der Waals surface area contributed by atoms with E-state index in [1.807, 2.05) is 6.20 Å². The molecule has 0 saturated carbocycles. The Balaban J connectivity index is 2.79. The number of aryl methyl sites for hydroxylation is 1. The third kappa shape index (κ3) is 1.43. The first kappa shape index (κ1) is 9.94. The zero-order valence-corrected chi connectivity index (χ0v) is 9.87. The van der Waals surface area contributed by atoms with Gasteiger partial charge in [0.2, 0.25) is 0 Å². The number of hydrogen-bond donors (Lipinski definition) is 0. The standard InChI is InChI=1S/C11H12ClNS/c1-3-7-5-10-9(6-13-14-10)11(12)8(7)4-2/h5-6H,3-4H2,1-2H3. The molecule has 0 amide bonds. The van der Waals surface area contributed by atoms with Crippen LogP contribution in [0.25, 0.3) is 10.1 Å². The molecule has 2 rings (SSSR count). The Labute approximate surface area is 92.9 Å². The summed E-state index contributed by atoms with van der Waals surface area (Å²) in [7, 11) is 0. The first-order valence-electron chi connectivity index (χ1n) is 4.82. The van der Waals surface area contributed by atoms with E-state index in [-0.39, 0.29) is 0 Å². The summed E-state index contributed by atoms with van der Waals surface area (Å²) in [4.78, 5) is 0. The predicted molar refractivity (Wildman–Crippen MR) is 63.4 cm³/mol. The van der Waals surface area contributed by atoms with Gasteiger partial charge in [0.05, 0.1) is 15.9 Å². The lowest BCUT2D eigenvalue weighted by Gasteiger charge is -2.08. The Morgan fingerprint density at radius 3 is 2.79 bits per heavy atom. The molecule has 0 saturated heterocycles. The van der Waals surface area contributed by atoms with Gasteiger partial charge < -0.3 is 0 Å². The summed E-state index contributed by atoms with van der Waals surface area (Å²) in [6.45, 7) is 4.31. The van der Waals surface area contributed by atoms with Crippen molar-refractivity contribution in [3.8, 4) is 0 Å². The first-order chi connectivity index (χ1) is 6.77. The van der Waals surface area contributed by atoms with Crippen LogP contribution in [0.2, 0.25) is 5.02 Å². The molecule has 0 atom stereocenters. The highest BCUT2D eigenvalue weighted by atomic mass is 35.5. The summed E-state index contributed by atoms with van der Waals surface area (Å²) >= 11 is 7.85. The monoisotopic (exact) mass is 225 g/mol. The lowest BCUT2D eigenvalue weighted by molar-refractivity contribution is 1.04. The Morgan fingerprint density at radius 1 is 1.36 bits per heavy atom. The third-order valence-corrected chi connectivity index (χ3v) is 3.70. The third-order valence-electron chi connectivity index (χ3n) is 2.53. The molecule has 1 heterocycles. The second-order valence-corrected chi connectivity index (χ2v) is 4.48. The Bertz CT molecular complexity index is 462. The van der Waals surface area contributed by atoms with Crippen LogP contribution >= 0.6 is 23.1 Å². The summed E-state index contributed by atoms with van der Waals surface area (Å²) in [5.41, 5.74) is 2.64. The SMILES string of the molecule is CCc1cc2sncc2c(Cl)c1CC. The fourth-order valence-electron chi connectivity index (χ4n) is 1.76. The zero-order valence-electron chi connectivity index (χ0n) is 8.30. The van der Waals surface area contributed by atoms with Crippen molar-refractivity contribution < 1.29 is 0 Å². The van der Waals surface area contributed by atoms with Crippen molar-refractivity contribution in [3.05, 3.63) is 28.4 Å². The highest BCUT2D eigenvalue weighted by Gasteiger charge is 2.10. The fourth-order valence-corrected chi connectivity index (χ4v) is 2.95. The van der Waals surface area contributed by atoms with E-state index in [4.69, 9.17) is 11.6 Å². The van der Waals surface area contributed by atoms with E-state index in [9.17, 15) is 0 Å². The second kappa shape index (κ2) is 3.87. The van der Waals surface area contributed by atoms with Gasteiger partial charge in [0.1, 0.15) is 0 Å². The smallest absolute Gasteiger partial charge is 0.0567 e. The molecule has 0 radical (unpaired) electrons. The minimum absolute atomic E-state index is 0.899. The van der Waals surface area contributed by atoms with E-state index in [2.05, 4.69) is 24.3 Å². The largest absolute Gasteiger partial charge is 0.200 e. The molecular formula is C11H12ClNS. The summed E-state index contributed by atoms with van der Waals surface area (Å²) in [6, 6.07) is 2.22. The zero-order chi connectivity index (χ0) is 10.1. The van der Waals surface area contributed by atoms with Gasteiger partial charge in [0.15, 0.2) is 0 Å². The molecule has 0 aliphatic heterocycles. The number of hydrogen-bond acceptors (Lipinski definition) is 2. The van der Waals surface area contributed by atoms with Gasteiger partial charge in [-0.05, 0) is 41.6 Å². The van der Waals surface area contributed by atoms with Gasteiger partial charge in [-0.1, -0.05) is 25.4 Å². The Hall–Kier alpha value is -0.600. The molecule has 0 aliphatic rings. The highest BCUT2D eigenvalue weighted by molar-refractivity contribution is 7.13. The molecule has 14 heavy (non-hydrogen) atoms. The molecule has 0 spiro atoms. The van der Waals surface area contributed by atoms with Crippen molar-refractivity contribution in [2.75, 3.05) is 0 Å². The van der Waals surface area contributed by atoms with E-state index >= 15 is 0 Å². The van der Waals surface area contributed by atoms with Crippen molar-refractivity contribution in [3.63, 3.8) is 0 Å². The van der Waals surface area contributed by atoms with Crippen LogP contribution in [-0.2, 0) is 12.8 Å². The van der Waals surface area contributed by atoms with E-state index in [1.54, 1.807) is 0 Å². The number of aromatic nitrogens is 1. The number of benzene rings is 1. The number of fused-ring (bicyclic) bond motifs is 1. The van der Waals surface area contributed by atoms with E-state index in [1.165, 1.54) is 27.4 Å². The average Bonchev–Trinajstić information content (AvgIpc) is 2.65. The average molecular weight is 226 g/mol. The lowest BCUT2D eigenvalue weighted by Crippen LogP contribution is -1.92. The lowest BCUT2D eigenvalue weighted by atomic mass is 10.0. The Kier molecular flexibility index (Phi) is 2.75. The molecule has 1 aromatic carbocycles. The van der Waals surface area contributed by atoms with Gasteiger partial charge in [-0.25, -0.2) is 0 Å². The molecular weight excluding hydrogens is 214 g/mol. The van der Waals surface area contributed by atoms with Crippen molar-refractivity contribution in [1.29, 1.82) is 0 Å². The van der Waals surface area contributed by atoms with Crippen LogP contribution < -0.4 is 0 Å². The van der Waals surface area contributed by atoms with Crippen LogP contribution in [-0.4, -0.2) is 4.37 Å². The molecule has 2 aromatic rings. The van der Waals surface area contributed by atoms with Crippen LogP contribution in [0.5, 0.6) is 0 Å². The molecule has 0 aliphatic carbocycles. The summed E-state index contributed by atoms with van der Waals surface area (Å²) in [6.07, 6.45) is 3.89. The first-order valence-corrected chi connectivity index (χ1v) is 5.97. The molecule has 1 aromatic heterocycles. The van der Waals surface area contributed by atoms with Crippen LogP contribution in [0.3, 0.4) is 0 Å². The molecule has 3 heteroatoms. The van der Waals surface area contributed by atoms with Crippen molar-refractivity contribution in [1.82, 2.24) is 4.37 Å². The fraction of sp³-hybridized carbons (Fsp3) is 0.364. The summed E-state index contributed by atoms with van der Waals surface area (Å²) < 4.78 is 5.37. The predicted octanol–water partition coefficient (Wildman–Crippen LogP) is 4.07. The molecule has 0 bridgehead atoms. The minimum Gasteiger partial charge on any atom is -0.200 e. The second-order valence-electron chi connectivity index (χ2n) is 3.27. The maximum atomic E-state index is 6.33. The molecule has 74 valence electrons. The number of nitrogens with zero attached hydrogens (tertiary/aromatic N) is 1. The van der Waals surface area contributed by atoms with Gasteiger partial charge in [0, 0.05) is 5.39 Å². The Morgan fingerprint density at radius 2 is 2.14 bits per heavy atom. The van der Waals surface area contributed by atoms with E-state index in [0.717, 1.165) is 23.3 Å². The van der Waals surface area contributed by atoms with Crippen LogP contribution in [0.15, 0.2) is 12.3 Å². The van der Waals surface area contributed by atoms with Gasteiger partial charge in [0.25, 0.3) is 0 Å². The number of rotatable bonds is 2. The summed E-state index contributed by atoms with van der Waals surface area (Å²) in [5.74, 6) is 0. The van der Waals surface area contributed by atoms with Crippen LogP contribution in [0, 0.1) is 0 Å². The maximum absolute atomic E-state index is 6.33. The van der Waals surface area contributed by atoms with Gasteiger partial charge in [-0.2, -0.15) is 4.37 Å². The topological polar surface area (TPSA) is 12.9 Å². The quantitative estimate of drug-likeness (QED) is 0.751. The maximum Gasteiger partial charge on any atom is 0.0567 e. The van der Waals surface area contributed by atoms with Crippen LogP contribution in [0.4, 0.5) is 0 Å². The van der Waals surface area contributed by atoms with E-state index < -0.39 is 0 Å². The molecule has 1 nitrogen and oxygen atoms in total. The van der Waals surface area contributed by atoms with Gasteiger partial charge in [-0.15, -0.1) is 0 Å². The molecule has 0 N–H and O–H groups in total. The van der Waals surface area contributed by atoms with Crippen molar-refractivity contribution in [2.45, 2.75) is 26.7 Å². The number of halogens is 1. The minimum atomic E-state index is 0.899. The van der Waals surface area contributed by atoms with Gasteiger partial charge >= 0.3 is 0 Å². The van der Waals surface area contributed by atoms with Crippen molar-refractivity contribution in [2.24, 2.45) is 0 Å². The normalized spacial score (nSPS) is 11.1. The van der Waals surface area contributed by atoms with Crippen molar-refractivity contribution >= 4 is 33.2 Å². The molecule has 0 fully saturated rings. The van der Waals surface area contributed by atoms with Crippen LogP contribution in [0.1, 0.15) is 25.0 Å². The highest BCUT2D eigenvalue weighted by Crippen LogP contribution is 2.32. The molecule has 0 unspecified atom stereocenters. The van der Waals surface area contributed by atoms with E-state index in [0.29, 0.717) is 0 Å². The van der Waals surface area contributed by atoms with Gasteiger partial charge in [-0.3, -0.25) is 0 Å².